The van der Waals surface area contributed by atoms with Crippen LogP contribution < -0.4 is 29.0 Å². The number of esters is 1. The summed E-state index contributed by atoms with van der Waals surface area (Å²) in [7, 11) is 6.17. The molecule has 0 atom stereocenters. The van der Waals surface area contributed by atoms with E-state index in [0.717, 1.165) is 0 Å². The molecule has 0 saturated carbocycles. The average molecular weight is 594 g/mol. The number of methoxy groups -OCH3 is 4. The van der Waals surface area contributed by atoms with Crippen LogP contribution in [0.2, 0.25) is 0 Å². The van der Waals surface area contributed by atoms with Crippen LogP contribution in [-0.2, 0) is 4.79 Å². The monoisotopic (exact) mass is 593 g/mol. The van der Waals surface area contributed by atoms with E-state index in [4.69, 9.17) is 28.8 Å². The van der Waals surface area contributed by atoms with Crippen molar-refractivity contribution in [1.82, 2.24) is 9.78 Å². The van der Waals surface area contributed by atoms with E-state index in [1.165, 1.54) is 28.3 Å². The zero-order chi connectivity index (χ0) is 31.2. The Labute approximate surface area is 254 Å². The summed E-state index contributed by atoms with van der Waals surface area (Å²) in [5.74, 6) is 1.41. The van der Waals surface area contributed by atoms with Gasteiger partial charge in [-0.05, 0) is 66.2 Å². The SMILES string of the molecule is COc1ccc(C(=O)Nc2ccc(-c3c(-c4cc(OC)c(OC)c(OC)c4)nn(-c4ccccc4)c3OC(C)=O)cc2)cc1. The molecule has 0 radical (unpaired) electrons. The number of para-hydroxylation sites is 1. The number of hydrogen-bond donors (Lipinski definition) is 1. The number of hydrogen-bond acceptors (Lipinski definition) is 8. The fraction of sp³-hybridized carbons (Fsp3) is 0.147. The number of anilines is 1. The van der Waals surface area contributed by atoms with Crippen molar-refractivity contribution in [2.75, 3.05) is 33.8 Å². The van der Waals surface area contributed by atoms with Crippen LogP contribution in [0.25, 0.3) is 28.1 Å². The van der Waals surface area contributed by atoms with Gasteiger partial charge in [-0.2, -0.15) is 9.78 Å². The number of amides is 1. The van der Waals surface area contributed by atoms with Gasteiger partial charge >= 0.3 is 5.97 Å². The van der Waals surface area contributed by atoms with E-state index in [1.807, 2.05) is 42.5 Å². The maximum Gasteiger partial charge on any atom is 0.309 e. The number of nitrogens with one attached hydrogen (secondary N) is 1. The van der Waals surface area contributed by atoms with Crippen LogP contribution in [0.15, 0.2) is 91.0 Å². The van der Waals surface area contributed by atoms with Crippen molar-refractivity contribution >= 4 is 17.6 Å². The highest BCUT2D eigenvalue weighted by Crippen LogP contribution is 2.46. The number of ether oxygens (including phenoxy) is 5. The summed E-state index contributed by atoms with van der Waals surface area (Å²) in [6.07, 6.45) is 0. The Morgan fingerprint density at radius 1 is 0.727 bits per heavy atom. The summed E-state index contributed by atoms with van der Waals surface area (Å²) in [6.45, 7) is 1.34. The quantitative estimate of drug-likeness (QED) is 0.185. The molecule has 224 valence electrons. The van der Waals surface area contributed by atoms with Gasteiger partial charge in [-0.3, -0.25) is 9.59 Å². The number of benzene rings is 4. The Balaban J connectivity index is 1.64. The molecule has 0 fully saturated rings. The lowest BCUT2D eigenvalue weighted by Gasteiger charge is -2.14. The third-order valence-corrected chi connectivity index (χ3v) is 6.81. The van der Waals surface area contributed by atoms with E-state index >= 15 is 0 Å². The molecule has 10 nitrogen and oxygen atoms in total. The molecular formula is C34H31N3O7. The van der Waals surface area contributed by atoms with Crippen molar-refractivity contribution in [1.29, 1.82) is 0 Å². The smallest absolute Gasteiger partial charge is 0.309 e. The standard InChI is InChI=1S/C34H31N3O7/c1-21(38)44-34-30(22-11-15-25(16-12-22)35-33(39)23-13-17-27(40-2)18-14-23)31(36-37(34)26-9-7-6-8-10-26)24-19-28(41-3)32(43-5)29(20-24)42-4/h6-20H,1-5H3,(H,35,39). The first kappa shape index (κ1) is 29.7. The van der Waals surface area contributed by atoms with Gasteiger partial charge in [0.25, 0.3) is 5.91 Å². The van der Waals surface area contributed by atoms with E-state index < -0.39 is 5.97 Å². The minimum atomic E-state index is -0.511. The van der Waals surface area contributed by atoms with Crippen molar-refractivity contribution in [2.45, 2.75) is 6.92 Å². The third-order valence-electron chi connectivity index (χ3n) is 6.81. The van der Waals surface area contributed by atoms with E-state index in [9.17, 15) is 9.59 Å². The zero-order valence-electron chi connectivity index (χ0n) is 24.9. The number of rotatable bonds is 10. The van der Waals surface area contributed by atoms with Gasteiger partial charge in [0.05, 0.1) is 39.7 Å². The molecule has 0 unspecified atom stereocenters. The van der Waals surface area contributed by atoms with E-state index in [0.29, 0.717) is 62.3 Å². The minimum Gasteiger partial charge on any atom is -0.497 e. The molecule has 1 N–H and O–H groups in total. The van der Waals surface area contributed by atoms with Gasteiger partial charge in [0.2, 0.25) is 11.6 Å². The average Bonchev–Trinajstić information content (AvgIpc) is 3.43. The van der Waals surface area contributed by atoms with Crippen LogP contribution in [0.4, 0.5) is 5.69 Å². The number of aromatic nitrogens is 2. The second-order valence-electron chi connectivity index (χ2n) is 9.54. The summed E-state index contributed by atoms with van der Waals surface area (Å²) < 4.78 is 29.3. The van der Waals surface area contributed by atoms with E-state index in [-0.39, 0.29) is 11.8 Å². The molecule has 0 saturated heterocycles. The molecule has 0 bridgehead atoms. The van der Waals surface area contributed by atoms with Gasteiger partial charge in [0.15, 0.2) is 11.5 Å². The topological polar surface area (TPSA) is 110 Å². The van der Waals surface area contributed by atoms with Crippen molar-refractivity contribution in [3.05, 3.63) is 96.6 Å². The lowest BCUT2D eigenvalue weighted by Crippen LogP contribution is -2.11. The van der Waals surface area contributed by atoms with E-state index in [1.54, 1.807) is 60.3 Å². The van der Waals surface area contributed by atoms with Crippen molar-refractivity contribution in [3.8, 4) is 56.9 Å². The summed E-state index contributed by atoms with van der Waals surface area (Å²) in [5, 5.41) is 7.83. The minimum absolute atomic E-state index is 0.225. The van der Waals surface area contributed by atoms with E-state index in [2.05, 4.69) is 5.32 Å². The summed E-state index contributed by atoms with van der Waals surface area (Å²) in [4.78, 5) is 25.2. The Morgan fingerprint density at radius 3 is 1.91 bits per heavy atom. The van der Waals surface area contributed by atoms with Crippen LogP contribution in [0, 0.1) is 0 Å². The van der Waals surface area contributed by atoms with Crippen LogP contribution in [0.3, 0.4) is 0 Å². The second kappa shape index (κ2) is 13.0. The summed E-state index contributed by atoms with van der Waals surface area (Å²) >= 11 is 0. The number of carbonyl (C=O) groups excluding carboxylic acids is 2. The lowest BCUT2D eigenvalue weighted by atomic mass is 10.00. The lowest BCUT2D eigenvalue weighted by molar-refractivity contribution is -0.132. The fourth-order valence-corrected chi connectivity index (χ4v) is 4.72. The summed E-state index contributed by atoms with van der Waals surface area (Å²) in [6, 6.07) is 26.9. The van der Waals surface area contributed by atoms with Gasteiger partial charge in [-0.25, -0.2) is 0 Å². The normalized spacial score (nSPS) is 10.6. The van der Waals surface area contributed by atoms with Crippen molar-refractivity contribution in [3.63, 3.8) is 0 Å². The Bertz CT molecular complexity index is 1760. The largest absolute Gasteiger partial charge is 0.497 e. The molecule has 4 aromatic carbocycles. The first-order chi connectivity index (χ1) is 21.4. The zero-order valence-corrected chi connectivity index (χ0v) is 24.9. The molecule has 0 aliphatic rings. The number of carbonyl (C=O) groups is 2. The highest BCUT2D eigenvalue weighted by Gasteiger charge is 2.26. The maximum atomic E-state index is 12.9. The second-order valence-corrected chi connectivity index (χ2v) is 9.54. The predicted molar refractivity (Wildman–Crippen MR) is 166 cm³/mol. The maximum absolute atomic E-state index is 12.9. The molecule has 0 spiro atoms. The molecule has 44 heavy (non-hydrogen) atoms. The first-order valence-electron chi connectivity index (χ1n) is 13.6. The van der Waals surface area contributed by atoms with Gasteiger partial charge in [0.1, 0.15) is 11.4 Å². The van der Waals surface area contributed by atoms with Crippen LogP contribution in [0.1, 0.15) is 17.3 Å². The highest BCUT2D eigenvalue weighted by molar-refractivity contribution is 6.04. The van der Waals surface area contributed by atoms with Crippen LogP contribution in [-0.4, -0.2) is 50.1 Å². The van der Waals surface area contributed by atoms with Crippen LogP contribution >= 0.6 is 0 Å². The molecule has 0 aliphatic carbocycles. The van der Waals surface area contributed by atoms with Gasteiger partial charge in [0, 0.05) is 23.7 Å². The molecule has 10 heteroatoms. The molecular weight excluding hydrogens is 562 g/mol. The van der Waals surface area contributed by atoms with Gasteiger partial charge < -0.3 is 29.0 Å². The van der Waals surface area contributed by atoms with Crippen molar-refractivity contribution < 1.29 is 33.3 Å². The third kappa shape index (κ3) is 6.05. The summed E-state index contributed by atoms with van der Waals surface area (Å²) in [5.41, 5.74) is 4.12. The Kier molecular flexibility index (Phi) is 8.80. The number of nitrogens with zero attached hydrogens (tertiary/aromatic N) is 2. The Hall–Kier alpha value is -5.77. The molecule has 5 rings (SSSR count). The molecule has 5 aromatic rings. The fourth-order valence-electron chi connectivity index (χ4n) is 4.72. The van der Waals surface area contributed by atoms with Crippen LogP contribution in [0.5, 0.6) is 28.9 Å². The highest BCUT2D eigenvalue weighted by atomic mass is 16.5. The van der Waals surface area contributed by atoms with Gasteiger partial charge in [-0.15, -0.1) is 0 Å². The predicted octanol–water partition coefficient (Wildman–Crippen LogP) is 6.42. The molecule has 1 aromatic heterocycles. The van der Waals surface area contributed by atoms with Gasteiger partial charge in [-0.1, -0.05) is 30.3 Å². The molecule has 1 heterocycles. The molecule has 0 aliphatic heterocycles. The Morgan fingerprint density at radius 2 is 1.36 bits per heavy atom. The van der Waals surface area contributed by atoms with Crippen molar-refractivity contribution in [2.24, 2.45) is 0 Å². The molecule has 1 amide bonds. The first-order valence-corrected chi connectivity index (χ1v) is 13.6.